The molecule has 1 aromatic rings. The minimum Gasteiger partial charge on any atom is -0.482 e. The van der Waals surface area contributed by atoms with Crippen molar-refractivity contribution < 1.29 is 13.8 Å². The first-order valence-electron chi connectivity index (χ1n) is 3.74. The van der Waals surface area contributed by atoms with E-state index in [0.29, 0.717) is 5.75 Å². The largest absolute Gasteiger partial charge is 0.482 e. The molecule has 1 aromatic carbocycles. The summed E-state index contributed by atoms with van der Waals surface area (Å²) in [5.74, 6) is 0.0505. The van der Waals surface area contributed by atoms with E-state index in [1.807, 2.05) is 25.1 Å². The summed E-state index contributed by atoms with van der Waals surface area (Å²) in [5, 5.41) is 0. The molecule has 0 aliphatic heterocycles. The molecule has 0 aliphatic carbocycles. The number of hydrogen-bond acceptors (Lipinski definition) is 3. The molecule has 0 amide bonds. The molecule has 0 saturated carbocycles. The van der Waals surface area contributed by atoms with E-state index in [-0.39, 0.29) is 6.61 Å². The highest BCUT2D eigenvalue weighted by Crippen LogP contribution is 2.15. The number of hydrogen-bond donors (Lipinski definition) is 0. The SMILES string of the molecule is Cc1ccccc1OCC(=O)OCl. The van der Waals surface area contributed by atoms with Crippen molar-refractivity contribution in [3.05, 3.63) is 29.8 Å². The Labute approximate surface area is 81.4 Å². The first kappa shape index (κ1) is 9.86. The maximum Gasteiger partial charge on any atom is 0.362 e. The van der Waals surface area contributed by atoms with Gasteiger partial charge in [0.15, 0.2) is 6.61 Å². The fourth-order valence-corrected chi connectivity index (χ4v) is 0.922. The van der Waals surface area contributed by atoms with E-state index in [9.17, 15) is 4.79 Å². The highest BCUT2D eigenvalue weighted by atomic mass is 35.5. The highest BCUT2D eigenvalue weighted by molar-refractivity contribution is 6.13. The molecule has 0 aliphatic rings. The molecular weight excluding hydrogens is 192 g/mol. The number of aryl methyl sites for hydroxylation is 1. The molecule has 0 bridgehead atoms. The monoisotopic (exact) mass is 200 g/mol. The lowest BCUT2D eigenvalue weighted by atomic mass is 10.2. The lowest BCUT2D eigenvalue weighted by molar-refractivity contribution is -0.136. The lowest BCUT2D eigenvalue weighted by Crippen LogP contribution is -2.11. The molecule has 0 atom stereocenters. The minimum atomic E-state index is -0.607. The van der Waals surface area contributed by atoms with Gasteiger partial charge in [-0.3, -0.25) is 0 Å². The summed E-state index contributed by atoms with van der Waals surface area (Å²) >= 11 is 4.83. The van der Waals surface area contributed by atoms with Gasteiger partial charge < -0.3 is 9.03 Å². The van der Waals surface area contributed by atoms with Crippen LogP contribution in [-0.2, 0) is 9.08 Å². The van der Waals surface area contributed by atoms with Crippen LogP contribution in [0.4, 0.5) is 0 Å². The van der Waals surface area contributed by atoms with Crippen LogP contribution in [0.5, 0.6) is 5.75 Å². The number of rotatable bonds is 3. The van der Waals surface area contributed by atoms with E-state index >= 15 is 0 Å². The van der Waals surface area contributed by atoms with Crippen LogP contribution in [0.25, 0.3) is 0 Å². The first-order chi connectivity index (χ1) is 6.24. The lowest BCUT2D eigenvalue weighted by Gasteiger charge is -2.05. The molecule has 0 spiro atoms. The number of para-hydroxylation sites is 1. The number of carbonyl (C=O) groups is 1. The van der Waals surface area contributed by atoms with Gasteiger partial charge in [0.05, 0.1) is 0 Å². The maximum absolute atomic E-state index is 10.6. The summed E-state index contributed by atoms with van der Waals surface area (Å²) in [5.41, 5.74) is 0.963. The Morgan fingerprint density at radius 1 is 1.46 bits per heavy atom. The van der Waals surface area contributed by atoms with Crippen LogP contribution in [0.3, 0.4) is 0 Å². The zero-order valence-electron chi connectivity index (χ0n) is 7.12. The average Bonchev–Trinajstić information content (AvgIpc) is 2.16. The molecule has 0 radical (unpaired) electrons. The summed E-state index contributed by atoms with van der Waals surface area (Å²) in [7, 11) is 0. The topological polar surface area (TPSA) is 35.5 Å². The van der Waals surface area contributed by atoms with Crippen LogP contribution < -0.4 is 4.74 Å². The molecule has 0 saturated heterocycles. The Balaban J connectivity index is 2.54. The van der Waals surface area contributed by atoms with Gasteiger partial charge in [0.2, 0.25) is 0 Å². The Kier molecular flexibility index (Phi) is 3.58. The molecule has 1 rings (SSSR count). The average molecular weight is 201 g/mol. The van der Waals surface area contributed by atoms with Crippen molar-refractivity contribution in [2.75, 3.05) is 6.61 Å². The van der Waals surface area contributed by atoms with Crippen LogP contribution in [0.1, 0.15) is 5.56 Å². The minimum absolute atomic E-state index is 0.172. The van der Waals surface area contributed by atoms with Crippen molar-refractivity contribution in [3.63, 3.8) is 0 Å². The fourth-order valence-electron chi connectivity index (χ4n) is 0.877. The third-order valence-electron chi connectivity index (χ3n) is 1.53. The molecular formula is C9H9ClO3. The molecule has 3 nitrogen and oxygen atoms in total. The molecule has 4 heteroatoms. The van der Waals surface area contributed by atoms with E-state index in [1.54, 1.807) is 6.07 Å². The van der Waals surface area contributed by atoms with Gasteiger partial charge in [0.25, 0.3) is 0 Å². The Morgan fingerprint density at radius 3 is 2.77 bits per heavy atom. The van der Waals surface area contributed by atoms with Crippen LogP contribution >= 0.6 is 11.9 Å². The Bertz CT molecular complexity index is 299. The third-order valence-corrected chi connectivity index (χ3v) is 1.70. The summed E-state index contributed by atoms with van der Waals surface area (Å²) in [6.45, 7) is 1.72. The van der Waals surface area contributed by atoms with Gasteiger partial charge in [0, 0.05) is 0 Å². The molecule has 0 heterocycles. The van der Waals surface area contributed by atoms with Crippen LogP contribution in [0.2, 0.25) is 0 Å². The van der Waals surface area contributed by atoms with Gasteiger partial charge in [-0.2, -0.15) is 0 Å². The highest BCUT2D eigenvalue weighted by Gasteiger charge is 2.03. The van der Waals surface area contributed by atoms with Crippen molar-refractivity contribution in [2.24, 2.45) is 0 Å². The Morgan fingerprint density at radius 2 is 2.15 bits per heavy atom. The molecule has 0 unspecified atom stereocenters. The summed E-state index contributed by atoms with van der Waals surface area (Å²) < 4.78 is 9.05. The van der Waals surface area contributed by atoms with Gasteiger partial charge in [-0.1, -0.05) is 18.2 Å². The van der Waals surface area contributed by atoms with Gasteiger partial charge in [0.1, 0.15) is 17.6 Å². The third kappa shape index (κ3) is 2.95. The van der Waals surface area contributed by atoms with Crippen molar-refractivity contribution >= 4 is 17.8 Å². The molecule has 13 heavy (non-hydrogen) atoms. The maximum atomic E-state index is 10.6. The van der Waals surface area contributed by atoms with Crippen LogP contribution in [0.15, 0.2) is 24.3 Å². The predicted octanol–water partition coefficient (Wildman–Crippen LogP) is 2.07. The second-order valence-corrected chi connectivity index (χ2v) is 2.66. The van der Waals surface area contributed by atoms with E-state index in [1.165, 1.54) is 0 Å². The van der Waals surface area contributed by atoms with Crippen LogP contribution in [0, 0.1) is 6.92 Å². The number of carbonyl (C=O) groups excluding carboxylic acids is 1. The first-order valence-corrected chi connectivity index (χ1v) is 4.04. The van der Waals surface area contributed by atoms with E-state index in [0.717, 1.165) is 5.56 Å². The van der Waals surface area contributed by atoms with Gasteiger partial charge in [-0.05, 0) is 18.6 Å². The van der Waals surface area contributed by atoms with Crippen molar-refractivity contribution in [1.82, 2.24) is 0 Å². The Hall–Kier alpha value is -1.22. The zero-order valence-corrected chi connectivity index (χ0v) is 7.88. The van der Waals surface area contributed by atoms with Crippen molar-refractivity contribution in [2.45, 2.75) is 6.92 Å². The van der Waals surface area contributed by atoms with E-state index < -0.39 is 5.97 Å². The second kappa shape index (κ2) is 4.72. The number of ether oxygens (including phenoxy) is 1. The van der Waals surface area contributed by atoms with Gasteiger partial charge in [-0.25, -0.2) is 4.79 Å². The molecule has 0 N–H and O–H groups in total. The predicted molar refractivity (Wildman–Crippen MR) is 48.6 cm³/mol. The van der Waals surface area contributed by atoms with Gasteiger partial charge >= 0.3 is 5.97 Å². The summed E-state index contributed by atoms with van der Waals surface area (Å²) in [4.78, 5) is 10.6. The quantitative estimate of drug-likeness (QED) is 0.750. The smallest absolute Gasteiger partial charge is 0.362 e. The van der Waals surface area contributed by atoms with Crippen molar-refractivity contribution in [1.29, 1.82) is 0 Å². The van der Waals surface area contributed by atoms with Crippen molar-refractivity contribution in [3.8, 4) is 5.75 Å². The normalized spacial score (nSPS) is 9.38. The fraction of sp³-hybridized carbons (Fsp3) is 0.222. The van der Waals surface area contributed by atoms with Crippen LogP contribution in [-0.4, -0.2) is 12.6 Å². The molecule has 0 aromatic heterocycles. The van der Waals surface area contributed by atoms with Gasteiger partial charge in [-0.15, -0.1) is 0 Å². The standard InChI is InChI=1S/C9H9ClO3/c1-7-4-2-3-5-8(7)12-6-9(11)13-10/h2-5H,6H2,1H3. The van der Waals surface area contributed by atoms with E-state index in [2.05, 4.69) is 4.29 Å². The number of halogens is 1. The molecule has 70 valence electrons. The zero-order chi connectivity index (χ0) is 9.68. The number of benzene rings is 1. The second-order valence-electron chi connectivity index (χ2n) is 2.50. The molecule has 0 fully saturated rings. The van der Waals surface area contributed by atoms with E-state index in [4.69, 9.17) is 16.6 Å². The summed E-state index contributed by atoms with van der Waals surface area (Å²) in [6.07, 6.45) is 0. The summed E-state index contributed by atoms with van der Waals surface area (Å²) in [6, 6.07) is 7.38.